The molecule has 0 saturated heterocycles. The van der Waals surface area contributed by atoms with E-state index in [1.165, 1.54) is 44.9 Å². The molecule has 0 atom stereocenters. The monoisotopic (exact) mass is 288 g/mol. The number of hydrogen-bond acceptors (Lipinski definition) is 4. The Balaban J connectivity index is 1.54. The van der Waals surface area contributed by atoms with E-state index in [0.29, 0.717) is 17.8 Å². The minimum atomic E-state index is -0.0985. The molecule has 1 heterocycles. The van der Waals surface area contributed by atoms with Crippen molar-refractivity contribution in [1.82, 2.24) is 15.3 Å². The van der Waals surface area contributed by atoms with E-state index in [0.717, 1.165) is 18.7 Å². The molecule has 1 aromatic heterocycles. The lowest BCUT2D eigenvalue weighted by molar-refractivity contribution is 0.0932. The van der Waals surface area contributed by atoms with Crippen LogP contribution >= 0.6 is 0 Å². The average molecular weight is 288 g/mol. The van der Waals surface area contributed by atoms with Crippen molar-refractivity contribution in [3.8, 4) is 0 Å². The zero-order chi connectivity index (χ0) is 14.5. The van der Waals surface area contributed by atoms with Crippen molar-refractivity contribution in [2.24, 2.45) is 0 Å². The highest BCUT2D eigenvalue weighted by atomic mass is 16.1. The summed E-state index contributed by atoms with van der Waals surface area (Å²) in [6, 6.07) is 0.825. The van der Waals surface area contributed by atoms with Crippen LogP contribution in [0.3, 0.4) is 0 Å². The van der Waals surface area contributed by atoms with E-state index in [-0.39, 0.29) is 5.91 Å². The van der Waals surface area contributed by atoms with Crippen LogP contribution in [0.4, 0.5) is 5.82 Å². The number of aromatic nitrogens is 2. The molecule has 1 aromatic rings. The summed E-state index contributed by atoms with van der Waals surface area (Å²) in [7, 11) is 0. The number of amides is 1. The highest BCUT2D eigenvalue weighted by molar-refractivity contribution is 5.92. The van der Waals surface area contributed by atoms with Crippen LogP contribution in [-0.4, -0.2) is 28.0 Å². The lowest BCUT2D eigenvalue weighted by atomic mass is 9.96. The fraction of sp³-hybridized carbons (Fsp3) is 0.688. The summed E-state index contributed by atoms with van der Waals surface area (Å²) < 4.78 is 0. The highest BCUT2D eigenvalue weighted by Crippen LogP contribution is 2.20. The van der Waals surface area contributed by atoms with E-state index in [9.17, 15) is 4.79 Å². The molecule has 0 aromatic carbocycles. The fourth-order valence-electron chi connectivity index (χ4n) is 3.31. The Morgan fingerprint density at radius 2 is 1.57 bits per heavy atom. The quantitative estimate of drug-likeness (QED) is 0.894. The smallest absolute Gasteiger partial charge is 0.271 e. The van der Waals surface area contributed by atoms with Crippen LogP contribution in [0.2, 0.25) is 0 Å². The van der Waals surface area contributed by atoms with Gasteiger partial charge in [0.25, 0.3) is 5.91 Å². The van der Waals surface area contributed by atoms with E-state index in [2.05, 4.69) is 20.6 Å². The van der Waals surface area contributed by atoms with E-state index >= 15 is 0 Å². The highest BCUT2D eigenvalue weighted by Gasteiger charge is 2.19. The molecule has 0 radical (unpaired) electrons. The average Bonchev–Trinajstić information content (AvgIpc) is 3.02. The molecule has 3 rings (SSSR count). The fourth-order valence-corrected chi connectivity index (χ4v) is 3.31. The SMILES string of the molecule is O=C(NC1CCCC1)c1cnc(NC2CCCCC2)cn1. The van der Waals surface area contributed by atoms with E-state index in [1.54, 1.807) is 12.4 Å². The van der Waals surface area contributed by atoms with Gasteiger partial charge in [-0.15, -0.1) is 0 Å². The van der Waals surface area contributed by atoms with Crippen LogP contribution in [-0.2, 0) is 0 Å². The van der Waals surface area contributed by atoms with Crippen molar-refractivity contribution in [2.45, 2.75) is 69.9 Å². The van der Waals surface area contributed by atoms with E-state index in [1.807, 2.05) is 0 Å². The Labute approximate surface area is 125 Å². The second kappa shape index (κ2) is 6.87. The largest absolute Gasteiger partial charge is 0.366 e. The Morgan fingerprint density at radius 1 is 0.905 bits per heavy atom. The minimum absolute atomic E-state index is 0.0985. The predicted molar refractivity (Wildman–Crippen MR) is 82.2 cm³/mol. The van der Waals surface area contributed by atoms with Gasteiger partial charge in [-0.1, -0.05) is 32.1 Å². The lowest BCUT2D eigenvalue weighted by Crippen LogP contribution is -2.33. The molecule has 21 heavy (non-hydrogen) atoms. The molecular formula is C16H24N4O. The Hall–Kier alpha value is -1.65. The van der Waals surface area contributed by atoms with Crippen molar-refractivity contribution in [1.29, 1.82) is 0 Å². The summed E-state index contributed by atoms with van der Waals surface area (Å²) in [5.41, 5.74) is 0.413. The maximum absolute atomic E-state index is 12.1. The first-order valence-electron chi connectivity index (χ1n) is 8.21. The van der Waals surface area contributed by atoms with Crippen LogP contribution in [0, 0.1) is 0 Å². The van der Waals surface area contributed by atoms with Crippen LogP contribution in [0.25, 0.3) is 0 Å². The lowest BCUT2D eigenvalue weighted by Gasteiger charge is -2.23. The Morgan fingerprint density at radius 3 is 2.24 bits per heavy atom. The number of carbonyl (C=O) groups is 1. The van der Waals surface area contributed by atoms with Gasteiger partial charge < -0.3 is 10.6 Å². The number of rotatable bonds is 4. The number of hydrogen-bond donors (Lipinski definition) is 2. The summed E-state index contributed by atoms with van der Waals surface area (Å²) in [4.78, 5) is 20.7. The summed E-state index contributed by atoms with van der Waals surface area (Å²) in [6.45, 7) is 0. The van der Waals surface area contributed by atoms with Crippen LogP contribution in [0.5, 0.6) is 0 Å². The Bertz CT molecular complexity index is 462. The van der Waals surface area contributed by atoms with Crippen molar-refractivity contribution >= 4 is 11.7 Å². The Kier molecular flexibility index (Phi) is 4.68. The first-order valence-corrected chi connectivity index (χ1v) is 8.21. The predicted octanol–water partition coefficient (Wildman–Crippen LogP) is 2.89. The van der Waals surface area contributed by atoms with E-state index in [4.69, 9.17) is 0 Å². The molecule has 5 nitrogen and oxygen atoms in total. The van der Waals surface area contributed by atoms with Crippen molar-refractivity contribution < 1.29 is 4.79 Å². The molecule has 0 unspecified atom stereocenters. The first-order chi connectivity index (χ1) is 10.3. The summed E-state index contributed by atoms with van der Waals surface area (Å²) in [5, 5.41) is 6.45. The van der Waals surface area contributed by atoms with Crippen molar-refractivity contribution in [3.05, 3.63) is 18.1 Å². The standard InChI is InChI=1S/C16H24N4O/c21-16(20-13-8-4-5-9-13)14-10-18-15(11-17-14)19-12-6-2-1-3-7-12/h10-13H,1-9H2,(H,18,19)(H,20,21). The van der Waals surface area contributed by atoms with Crippen molar-refractivity contribution in [2.75, 3.05) is 5.32 Å². The zero-order valence-electron chi connectivity index (χ0n) is 12.5. The van der Waals surface area contributed by atoms with Gasteiger partial charge in [-0.05, 0) is 25.7 Å². The summed E-state index contributed by atoms with van der Waals surface area (Å²) in [5.74, 6) is 0.679. The zero-order valence-corrected chi connectivity index (χ0v) is 12.5. The first kappa shape index (κ1) is 14.3. The van der Waals surface area contributed by atoms with E-state index < -0.39 is 0 Å². The van der Waals surface area contributed by atoms with Gasteiger partial charge in [0.05, 0.1) is 12.4 Å². The maximum Gasteiger partial charge on any atom is 0.271 e. The third-order valence-corrected chi connectivity index (χ3v) is 4.53. The van der Waals surface area contributed by atoms with Gasteiger partial charge in [0.2, 0.25) is 0 Å². The van der Waals surface area contributed by atoms with Gasteiger partial charge >= 0.3 is 0 Å². The van der Waals surface area contributed by atoms with Gasteiger partial charge in [0, 0.05) is 12.1 Å². The molecule has 5 heteroatoms. The third-order valence-electron chi connectivity index (χ3n) is 4.53. The summed E-state index contributed by atoms with van der Waals surface area (Å²) >= 11 is 0. The molecule has 2 N–H and O–H groups in total. The van der Waals surface area contributed by atoms with Gasteiger partial charge in [-0.25, -0.2) is 9.97 Å². The van der Waals surface area contributed by atoms with Crippen LogP contribution in [0.15, 0.2) is 12.4 Å². The molecule has 114 valence electrons. The maximum atomic E-state index is 12.1. The van der Waals surface area contributed by atoms with Gasteiger partial charge in [-0.2, -0.15) is 0 Å². The molecule has 2 aliphatic rings. The molecule has 0 aliphatic heterocycles. The number of nitrogens with one attached hydrogen (secondary N) is 2. The van der Waals surface area contributed by atoms with Crippen LogP contribution in [0.1, 0.15) is 68.3 Å². The summed E-state index contributed by atoms with van der Waals surface area (Å²) in [6.07, 6.45) is 14.2. The second-order valence-corrected chi connectivity index (χ2v) is 6.22. The number of carbonyl (C=O) groups excluding carboxylic acids is 1. The molecule has 2 aliphatic carbocycles. The van der Waals surface area contributed by atoms with Gasteiger partial charge in [-0.3, -0.25) is 4.79 Å². The number of nitrogens with zero attached hydrogens (tertiary/aromatic N) is 2. The molecule has 2 fully saturated rings. The third kappa shape index (κ3) is 3.93. The second-order valence-electron chi connectivity index (χ2n) is 6.22. The number of anilines is 1. The van der Waals surface area contributed by atoms with Gasteiger partial charge in [0.15, 0.2) is 0 Å². The minimum Gasteiger partial charge on any atom is -0.366 e. The topological polar surface area (TPSA) is 66.9 Å². The molecular weight excluding hydrogens is 264 g/mol. The molecule has 0 spiro atoms. The molecule has 1 amide bonds. The van der Waals surface area contributed by atoms with Crippen LogP contribution < -0.4 is 10.6 Å². The van der Waals surface area contributed by atoms with Crippen molar-refractivity contribution in [3.63, 3.8) is 0 Å². The molecule has 2 saturated carbocycles. The van der Waals surface area contributed by atoms with Gasteiger partial charge in [0.1, 0.15) is 11.5 Å². The normalized spacial score (nSPS) is 20.4. The molecule has 0 bridgehead atoms.